The van der Waals surface area contributed by atoms with Gasteiger partial charge in [-0.05, 0) is 49.4 Å². The predicted molar refractivity (Wildman–Crippen MR) is 68.2 cm³/mol. The Bertz CT molecular complexity index is 374. The number of hydrogen-bond donors (Lipinski definition) is 1. The quantitative estimate of drug-likeness (QED) is 0.802. The molecule has 2 heteroatoms. The van der Waals surface area contributed by atoms with E-state index in [0.29, 0.717) is 5.92 Å². The van der Waals surface area contributed by atoms with E-state index in [-0.39, 0.29) is 17.5 Å². The zero-order valence-corrected chi connectivity index (χ0v) is 10.4. The zero-order chi connectivity index (χ0) is 12.3. The molecule has 92 valence electrons. The molecule has 0 saturated heterocycles. The molecule has 1 aromatic carbocycles. The molecule has 1 aliphatic rings. The van der Waals surface area contributed by atoms with Gasteiger partial charge in [-0.1, -0.05) is 19.8 Å². The van der Waals surface area contributed by atoms with Gasteiger partial charge in [0.1, 0.15) is 5.75 Å². The van der Waals surface area contributed by atoms with E-state index in [2.05, 4.69) is 6.92 Å². The fourth-order valence-electron chi connectivity index (χ4n) is 2.93. The highest BCUT2D eigenvalue weighted by molar-refractivity contribution is 5.98. The van der Waals surface area contributed by atoms with Crippen LogP contribution in [0.1, 0.15) is 49.4 Å². The third kappa shape index (κ3) is 2.68. The van der Waals surface area contributed by atoms with Gasteiger partial charge in [-0.2, -0.15) is 0 Å². The van der Waals surface area contributed by atoms with Crippen LogP contribution in [-0.2, 0) is 0 Å². The molecule has 1 fully saturated rings. The van der Waals surface area contributed by atoms with Crippen LogP contribution in [0.2, 0.25) is 0 Å². The minimum absolute atomic E-state index is 0.169. The van der Waals surface area contributed by atoms with Crippen molar-refractivity contribution in [2.45, 2.75) is 39.0 Å². The zero-order valence-electron chi connectivity index (χ0n) is 10.4. The summed E-state index contributed by atoms with van der Waals surface area (Å²) in [7, 11) is 0. The molecule has 1 atom stereocenters. The number of phenols is 1. The van der Waals surface area contributed by atoms with Crippen LogP contribution in [0.3, 0.4) is 0 Å². The Balaban J connectivity index is 2.13. The average molecular weight is 232 g/mol. The van der Waals surface area contributed by atoms with Crippen LogP contribution in [0.5, 0.6) is 5.75 Å². The molecule has 1 aliphatic carbocycles. The van der Waals surface area contributed by atoms with Crippen molar-refractivity contribution in [3.63, 3.8) is 0 Å². The average Bonchev–Trinajstić information content (AvgIpc) is 2.84. The number of aromatic hydroxyl groups is 1. The lowest BCUT2D eigenvalue weighted by Gasteiger charge is -2.20. The van der Waals surface area contributed by atoms with Crippen LogP contribution in [0.15, 0.2) is 24.3 Å². The van der Waals surface area contributed by atoms with E-state index in [9.17, 15) is 9.90 Å². The topological polar surface area (TPSA) is 37.3 Å². The molecular weight excluding hydrogens is 212 g/mol. The van der Waals surface area contributed by atoms with Crippen molar-refractivity contribution in [3.05, 3.63) is 29.8 Å². The van der Waals surface area contributed by atoms with E-state index in [4.69, 9.17) is 0 Å². The molecule has 0 heterocycles. The summed E-state index contributed by atoms with van der Waals surface area (Å²) in [6.07, 6.45) is 5.85. The van der Waals surface area contributed by atoms with Gasteiger partial charge in [-0.15, -0.1) is 0 Å². The molecule has 0 aromatic heterocycles. The van der Waals surface area contributed by atoms with E-state index in [0.717, 1.165) is 12.0 Å². The number of hydrogen-bond acceptors (Lipinski definition) is 2. The number of carbonyl (C=O) groups excluding carboxylic acids is 1. The maximum atomic E-state index is 12.4. The van der Waals surface area contributed by atoms with Gasteiger partial charge in [0, 0.05) is 11.5 Å². The lowest BCUT2D eigenvalue weighted by molar-refractivity contribution is 0.0868. The Labute approximate surface area is 103 Å². The molecule has 17 heavy (non-hydrogen) atoms. The number of rotatable bonds is 4. The van der Waals surface area contributed by atoms with Gasteiger partial charge < -0.3 is 5.11 Å². The Hall–Kier alpha value is -1.31. The second-order valence-corrected chi connectivity index (χ2v) is 4.97. The summed E-state index contributed by atoms with van der Waals surface area (Å²) in [4.78, 5) is 12.4. The van der Waals surface area contributed by atoms with Gasteiger partial charge in [0.05, 0.1) is 0 Å². The van der Waals surface area contributed by atoms with Crippen molar-refractivity contribution in [1.82, 2.24) is 0 Å². The van der Waals surface area contributed by atoms with Crippen LogP contribution in [-0.4, -0.2) is 10.9 Å². The van der Waals surface area contributed by atoms with Crippen LogP contribution >= 0.6 is 0 Å². The van der Waals surface area contributed by atoms with E-state index in [1.807, 2.05) is 0 Å². The maximum Gasteiger partial charge on any atom is 0.166 e. The lowest BCUT2D eigenvalue weighted by Crippen LogP contribution is -2.21. The summed E-state index contributed by atoms with van der Waals surface area (Å²) in [6, 6.07) is 6.65. The lowest BCUT2D eigenvalue weighted by atomic mass is 9.83. The first kappa shape index (κ1) is 12.2. The van der Waals surface area contributed by atoms with Crippen LogP contribution in [0.25, 0.3) is 0 Å². The molecule has 0 spiro atoms. The summed E-state index contributed by atoms with van der Waals surface area (Å²) in [5, 5.41) is 9.23. The highest BCUT2D eigenvalue weighted by Gasteiger charge is 2.29. The minimum atomic E-state index is 0.169. The molecule has 1 N–H and O–H groups in total. The van der Waals surface area contributed by atoms with Gasteiger partial charge in [-0.25, -0.2) is 0 Å². The summed E-state index contributed by atoms with van der Waals surface area (Å²) >= 11 is 0. The summed E-state index contributed by atoms with van der Waals surface area (Å²) in [6.45, 7) is 2.10. The number of phenolic OH excluding ortho intramolecular Hbond substituents is 1. The Kier molecular flexibility index (Phi) is 3.82. The molecular formula is C15H20O2. The SMILES string of the molecule is CCC(C(=O)c1ccc(O)cc1)C1CCCC1. The number of Topliss-reactive ketones (excluding diaryl/α,β-unsaturated/α-hetero) is 1. The highest BCUT2D eigenvalue weighted by Crippen LogP contribution is 2.35. The number of carbonyl (C=O) groups is 1. The first-order valence-corrected chi connectivity index (χ1v) is 6.55. The Morgan fingerprint density at radius 1 is 1.29 bits per heavy atom. The molecule has 0 aliphatic heterocycles. The second kappa shape index (κ2) is 5.35. The normalized spacial score (nSPS) is 18.2. The van der Waals surface area contributed by atoms with Crippen LogP contribution in [0.4, 0.5) is 0 Å². The van der Waals surface area contributed by atoms with Crippen molar-refractivity contribution >= 4 is 5.78 Å². The van der Waals surface area contributed by atoms with E-state index >= 15 is 0 Å². The number of benzene rings is 1. The molecule has 1 unspecified atom stereocenters. The Morgan fingerprint density at radius 3 is 2.41 bits per heavy atom. The second-order valence-electron chi connectivity index (χ2n) is 4.97. The molecule has 1 saturated carbocycles. The molecule has 0 radical (unpaired) electrons. The fraction of sp³-hybridized carbons (Fsp3) is 0.533. The van der Waals surface area contributed by atoms with Crippen molar-refractivity contribution in [1.29, 1.82) is 0 Å². The number of ketones is 1. The summed E-state index contributed by atoms with van der Waals surface area (Å²) < 4.78 is 0. The molecule has 2 rings (SSSR count). The first-order valence-electron chi connectivity index (χ1n) is 6.55. The Morgan fingerprint density at radius 2 is 1.88 bits per heavy atom. The van der Waals surface area contributed by atoms with E-state index in [1.165, 1.54) is 25.7 Å². The van der Waals surface area contributed by atoms with Crippen molar-refractivity contribution < 1.29 is 9.90 Å². The van der Waals surface area contributed by atoms with Gasteiger partial charge in [0.25, 0.3) is 0 Å². The third-order valence-electron chi connectivity index (χ3n) is 3.90. The van der Waals surface area contributed by atoms with Crippen molar-refractivity contribution in [2.75, 3.05) is 0 Å². The highest BCUT2D eigenvalue weighted by atomic mass is 16.3. The predicted octanol–water partition coefficient (Wildman–Crippen LogP) is 3.79. The first-order chi connectivity index (χ1) is 8.22. The molecule has 0 bridgehead atoms. The maximum absolute atomic E-state index is 12.4. The van der Waals surface area contributed by atoms with Crippen molar-refractivity contribution in [3.8, 4) is 5.75 Å². The molecule has 1 aromatic rings. The summed E-state index contributed by atoms with van der Waals surface area (Å²) in [5.74, 6) is 1.21. The monoisotopic (exact) mass is 232 g/mol. The third-order valence-corrected chi connectivity index (χ3v) is 3.90. The molecule has 2 nitrogen and oxygen atoms in total. The fourth-order valence-corrected chi connectivity index (χ4v) is 2.93. The smallest absolute Gasteiger partial charge is 0.166 e. The van der Waals surface area contributed by atoms with E-state index in [1.54, 1.807) is 24.3 Å². The standard InChI is InChI=1S/C15H20O2/c1-2-14(11-5-3-4-6-11)15(17)12-7-9-13(16)10-8-12/h7-11,14,16H,2-6H2,1H3. The van der Waals surface area contributed by atoms with Gasteiger partial charge in [0.2, 0.25) is 0 Å². The van der Waals surface area contributed by atoms with E-state index < -0.39 is 0 Å². The van der Waals surface area contributed by atoms with Crippen molar-refractivity contribution in [2.24, 2.45) is 11.8 Å². The van der Waals surface area contributed by atoms with Gasteiger partial charge in [0.15, 0.2) is 5.78 Å². The van der Waals surface area contributed by atoms with Crippen LogP contribution in [0, 0.1) is 11.8 Å². The molecule has 0 amide bonds. The van der Waals surface area contributed by atoms with Gasteiger partial charge in [-0.3, -0.25) is 4.79 Å². The van der Waals surface area contributed by atoms with Crippen LogP contribution < -0.4 is 0 Å². The van der Waals surface area contributed by atoms with Gasteiger partial charge >= 0.3 is 0 Å². The minimum Gasteiger partial charge on any atom is -0.508 e. The largest absolute Gasteiger partial charge is 0.508 e. The summed E-state index contributed by atoms with van der Waals surface area (Å²) in [5.41, 5.74) is 0.738.